The first-order valence-corrected chi connectivity index (χ1v) is 4.73. The fourth-order valence-corrected chi connectivity index (χ4v) is 1.25. The van der Waals surface area contributed by atoms with Crippen LogP contribution in [0.2, 0.25) is 0 Å². The Kier molecular flexibility index (Phi) is 3.92. The van der Waals surface area contributed by atoms with Gasteiger partial charge >= 0.3 is 5.97 Å². The number of ether oxygens (including phenoxy) is 1. The van der Waals surface area contributed by atoms with E-state index in [1.54, 1.807) is 6.08 Å². The molecule has 0 atom stereocenters. The van der Waals surface area contributed by atoms with Crippen molar-refractivity contribution in [2.75, 3.05) is 12.8 Å². The van der Waals surface area contributed by atoms with Crippen molar-refractivity contribution in [1.82, 2.24) is 0 Å². The fourth-order valence-electron chi connectivity index (χ4n) is 1.25. The molecule has 0 aliphatic carbocycles. The van der Waals surface area contributed by atoms with Gasteiger partial charge in [0, 0.05) is 5.69 Å². The maximum absolute atomic E-state index is 10.8. The van der Waals surface area contributed by atoms with Crippen LogP contribution >= 0.6 is 0 Å². The molecule has 2 N–H and O–H groups in total. The van der Waals surface area contributed by atoms with Crippen molar-refractivity contribution in [1.29, 1.82) is 0 Å². The van der Waals surface area contributed by atoms with E-state index in [2.05, 4.69) is 4.74 Å². The van der Waals surface area contributed by atoms with Crippen molar-refractivity contribution < 1.29 is 9.53 Å². The predicted molar refractivity (Wildman–Crippen MR) is 61.3 cm³/mol. The zero-order valence-corrected chi connectivity index (χ0v) is 8.99. The number of benzene rings is 1. The normalized spacial score (nSPS) is 10.5. The van der Waals surface area contributed by atoms with E-state index in [1.165, 1.54) is 7.11 Å². The first-order chi connectivity index (χ1) is 7.13. The first kappa shape index (κ1) is 11.3. The Morgan fingerprint density at radius 1 is 1.53 bits per heavy atom. The van der Waals surface area contributed by atoms with Gasteiger partial charge in [0.25, 0.3) is 0 Å². The van der Waals surface area contributed by atoms with Crippen LogP contribution in [-0.4, -0.2) is 13.1 Å². The zero-order valence-electron chi connectivity index (χ0n) is 8.99. The van der Waals surface area contributed by atoms with Gasteiger partial charge in [-0.25, -0.2) is 0 Å². The third-order valence-electron chi connectivity index (χ3n) is 2.10. The van der Waals surface area contributed by atoms with E-state index in [0.29, 0.717) is 6.42 Å². The number of nitrogen functional groups attached to an aromatic ring is 1. The van der Waals surface area contributed by atoms with Crippen molar-refractivity contribution in [3.05, 3.63) is 35.4 Å². The van der Waals surface area contributed by atoms with E-state index in [9.17, 15) is 4.79 Å². The van der Waals surface area contributed by atoms with Gasteiger partial charge in [-0.05, 0) is 30.2 Å². The molecule has 0 aliphatic heterocycles. The Bertz CT molecular complexity index is 383. The zero-order chi connectivity index (χ0) is 11.3. The SMILES string of the molecule is COC(=O)CC=Cc1ccc(N)cc1C. The highest BCUT2D eigenvalue weighted by Gasteiger charge is 1.96. The number of aryl methyl sites for hydroxylation is 1. The van der Waals surface area contributed by atoms with Crippen LogP contribution in [-0.2, 0) is 9.53 Å². The number of hydrogen-bond donors (Lipinski definition) is 1. The summed E-state index contributed by atoms with van der Waals surface area (Å²) in [6.07, 6.45) is 3.97. The number of esters is 1. The fraction of sp³-hybridized carbons (Fsp3) is 0.250. The quantitative estimate of drug-likeness (QED) is 0.607. The highest BCUT2D eigenvalue weighted by Crippen LogP contribution is 2.14. The number of carbonyl (C=O) groups excluding carboxylic acids is 1. The number of nitrogens with two attached hydrogens (primary N) is 1. The molecule has 0 aliphatic rings. The number of rotatable bonds is 3. The lowest BCUT2D eigenvalue weighted by Gasteiger charge is -2.01. The van der Waals surface area contributed by atoms with Gasteiger partial charge in [0.05, 0.1) is 13.5 Å². The molecule has 0 radical (unpaired) electrons. The third-order valence-corrected chi connectivity index (χ3v) is 2.10. The number of carbonyl (C=O) groups is 1. The monoisotopic (exact) mass is 205 g/mol. The summed E-state index contributed by atoms with van der Waals surface area (Å²) in [5.74, 6) is -0.237. The average molecular weight is 205 g/mol. The molecule has 0 saturated carbocycles. The second kappa shape index (κ2) is 5.20. The van der Waals surface area contributed by atoms with Gasteiger partial charge in [0.15, 0.2) is 0 Å². The lowest BCUT2D eigenvalue weighted by molar-refractivity contribution is -0.139. The lowest BCUT2D eigenvalue weighted by atomic mass is 10.1. The Labute approximate surface area is 89.5 Å². The van der Waals surface area contributed by atoms with E-state index >= 15 is 0 Å². The maximum Gasteiger partial charge on any atom is 0.309 e. The summed E-state index contributed by atoms with van der Waals surface area (Å²) in [6, 6.07) is 5.67. The van der Waals surface area contributed by atoms with E-state index in [-0.39, 0.29) is 5.97 Å². The summed E-state index contributed by atoms with van der Waals surface area (Å²) >= 11 is 0. The van der Waals surface area contributed by atoms with Crippen LogP contribution in [0.4, 0.5) is 5.69 Å². The van der Waals surface area contributed by atoms with Crippen LogP contribution in [0.15, 0.2) is 24.3 Å². The molecule has 0 saturated heterocycles. The highest BCUT2D eigenvalue weighted by molar-refractivity contribution is 5.72. The van der Waals surface area contributed by atoms with Crippen LogP contribution in [0.1, 0.15) is 17.5 Å². The summed E-state index contributed by atoms with van der Waals surface area (Å²) in [4.78, 5) is 10.8. The second-order valence-electron chi connectivity index (χ2n) is 3.30. The Hall–Kier alpha value is -1.77. The first-order valence-electron chi connectivity index (χ1n) is 4.73. The molecule has 80 valence electrons. The molecule has 0 heterocycles. The van der Waals surface area contributed by atoms with Crippen LogP contribution in [0.5, 0.6) is 0 Å². The number of hydrogen-bond acceptors (Lipinski definition) is 3. The molecule has 1 aromatic rings. The predicted octanol–water partition coefficient (Wildman–Crippen LogP) is 2.15. The summed E-state index contributed by atoms with van der Waals surface area (Å²) in [5.41, 5.74) is 8.53. The molecule has 1 rings (SSSR count). The minimum absolute atomic E-state index is 0.237. The van der Waals surface area contributed by atoms with Gasteiger partial charge in [-0.2, -0.15) is 0 Å². The van der Waals surface area contributed by atoms with Crippen molar-refractivity contribution >= 4 is 17.7 Å². The molecule has 3 nitrogen and oxygen atoms in total. The average Bonchev–Trinajstić information content (AvgIpc) is 2.21. The van der Waals surface area contributed by atoms with Crippen molar-refractivity contribution in [2.45, 2.75) is 13.3 Å². The van der Waals surface area contributed by atoms with Gasteiger partial charge < -0.3 is 10.5 Å². The third kappa shape index (κ3) is 3.46. The van der Waals surface area contributed by atoms with Crippen LogP contribution < -0.4 is 5.73 Å². The van der Waals surface area contributed by atoms with E-state index < -0.39 is 0 Å². The molecule has 0 amide bonds. The molecule has 0 spiro atoms. The molecule has 0 bridgehead atoms. The van der Waals surface area contributed by atoms with Crippen LogP contribution in [0.25, 0.3) is 6.08 Å². The minimum Gasteiger partial charge on any atom is -0.469 e. The van der Waals surface area contributed by atoms with Gasteiger partial charge in [0.2, 0.25) is 0 Å². The summed E-state index contributed by atoms with van der Waals surface area (Å²) < 4.78 is 4.53. The lowest BCUT2D eigenvalue weighted by Crippen LogP contribution is -1.96. The molecule has 0 unspecified atom stereocenters. The van der Waals surface area contributed by atoms with Crippen molar-refractivity contribution in [3.8, 4) is 0 Å². The summed E-state index contributed by atoms with van der Waals surface area (Å²) in [5, 5.41) is 0. The van der Waals surface area contributed by atoms with E-state index in [4.69, 9.17) is 5.73 Å². The molecule has 3 heteroatoms. The van der Waals surface area contributed by atoms with Gasteiger partial charge in [-0.3, -0.25) is 4.79 Å². The number of methoxy groups -OCH3 is 1. The largest absolute Gasteiger partial charge is 0.469 e. The van der Waals surface area contributed by atoms with E-state index in [1.807, 2.05) is 31.2 Å². The molecule has 0 aromatic heterocycles. The Balaban J connectivity index is 2.68. The second-order valence-corrected chi connectivity index (χ2v) is 3.30. The van der Waals surface area contributed by atoms with Gasteiger partial charge in [0.1, 0.15) is 0 Å². The molecule has 0 fully saturated rings. The summed E-state index contributed by atoms with van der Waals surface area (Å²) in [7, 11) is 1.38. The smallest absolute Gasteiger partial charge is 0.309 e. The van der Waals surface area contributed by atoms with Crippen LogP contribution in [0, 0.1) is 6.92 Å². The standard InChI is InChI=1S/C12H15NO2/c1-9-8-11(13)7-6-10(9)4-3-5-12(14)15-2/h3-4,6-8H,5,13H2,1-2H3. The minimum atomic E-state index is -0.237. The Morgan fingerprint density at radius 3 is 2.87 bits per heavy atom. The topological polar surface area (TPSA) is 52.3 Å². The molecule has 15 heavy (non-hydrogen) atoms. The van der Waals surface area contributed by atoms with Gasteiger partial charge in [-0.1, -0.05) is 18.2 Å². The van der Waals surface area contributed by atoms with Gasteiger partial charge in [-0.15, -0.1) is 0 Å². The highest BCUT2D eigenvalue weighted by atomic mass is 16.5. The maximum atomic E-state index is 10.8. The summed E-state index contributed by atoms with van der Waals surface area (Å²) in [6.45, 7) is 1.98. The van der Waals surface area contributed by atoms with Crippen molar-refractivity contribution in [3.63, 3.8) is 0 Å². The molecular weight excluding hydrogens is 190 g/mol. The van der Waals surface area contributed by atoms with Crippen LogP contribution in [0.3, 0.4) is 0 Å². The molecular formula is C12H15NO2. The van der Waals surface area contributed by atoms with Crippen molar-refractivity contribution in [2.24, 2.45) is 0 Å². The molecule has 1 aromatic carbocycles. The Morgan fingerprint density at radius 2 is 2.27 bits per heavy atom. The number of anilines is 1. The van der Waals surface area contributed by atoms with E-state index in [0.717, 1.165) is 16.8 Å².